The number of carbonyl (C=O) groups excluding carboxylic acids is 3. The number of amides is 3. The number of imide groups is 1. The lowest BCUT2D eigenvalue weighted by atomic mass is 10.0. The molecule has 2 aromatic rings. The second-order valence-corrected chi connectivity index (χ2v) is 9.16. The van der Waals surface area contributed by atoms with Crippen LogP contribution in [-0.2, 0) is 22.7 Å². The van der Waals surface area contributed by atoms with Crippen molar-refractivity contribution in [3.63, 3.8) is 0 Å². The molecule has 3 amide bonds. The summed E-state index contributed by atoms with van der Waals surface area (Å²) in [6.07, 6.45) is 3.52. The number of rotatable bonds is 5. The monoisotopic (exact) mass is 448 g/mol. The molecule has 0 aliphatic carbocycles. The zero-order valence-electron chi connectivity index (χ0n) is 19.0. The highest BCUT2D eigenvalue weighted by Crippen LogP contribution is 2.31. The van der Waals surface area contributed by atoms with Gasteiger partial charge < -0.3 is 9.64 Å². The van der Waals surface area contributed by atoms with Gasteiger partial charge in [-0.3, -0.25) is 29.6 Å². The van der Waals surface area contributed by atoms with Gasteiger partial charge in [-0.25, -0.2) is 0 Å². The Kier molecular flexibility index (Phi) is 5.62. The number of carbonyl (C=O) groups is 3. The van der Waals surface area contributed by atoms with Crippen molar-refractivity contribution in [3.8, 4) is 5.75 Å². The summed E-state index contributed by atoms with van der Waals surface area (Å²) < 4.78 is 6.27. The molecule has 33 heavy (non-hydrogen) atoms. The van der Waals surface area contributed by atoms with Crippen LogP contribution < -0.4 is 10.1 Å². The first-order valence-electron chi connectivity index (χ1n) is 11.5. The zero-order valence-corrected chi connectivity index (χ0v) is 19.0. The minimum Gasteiger partial charge on any atom is -0.489 e. The summed E-state index contributed by atoms with van der Waals surface area (Å²) in [5.74, 6) is -0.0963. The number of likely N-dealkylation sites (tertiary alicyclic amines) is 1. The number of benzene rings is 1. The molecule has 3 aliphatic rings. The number of fused-ring (bicyclic) bond motifs is 1. The van der Waals surface area contributed by atoms with Crippen LogP contribution in [0.3, 0.4) is 0 Å². The van der Waals surface area contributed by atoms with Crippen LogP contribution in [0.15, 0.2) is 30.5 Å². The second-order valence-electron chi connectivity index (χ2n) is 9.16. The molecule has 1 N–H and O–H groups in total. The molecule has 0 radical (unpaired) electrons. The maximum Gasteiger partial charge on any atom is 0.255 e. The van der Waals surface area contributed by atoms with Crippen LogP contribution in [0.1, 0.15) is 52.0 Å². The minimum atomic E-state index is -0.601. The molecule has 2 saturated heterocycles. The van der Waals surface area contributed by atoms with Crippen LogP contribution in [0.25, 0.3) is 0 Å². The molecule has 4 heterocycles. The average Bonchev–Trinajstić information content (AvgIpc) is 3.35. The lowest BCUT2D eigenvalue weighted by Crippen LogP contribution is -2.52. The number of piperidine rings is 1. The molecule has 172 valence electrons. The smallest absolute Gasteiger partial charge is 0.255 e. The quantitative estimate of drug-likeness (QED) is 0.705. The summed E-state index contributed by atoms with van der Waals surface area (Å²) >= 11 is 0. The number of hydrogen-bond acceptors (Lipinski definition) is 6. The Morgan fingerprint density at radius 3 is 2.82 bits per heavy atom. The third-order valence-corrected chi connectivity index (χ3v) is 6.99. The molecule has 2 atom stereocenters. The van der Waals surface area contributed by atoms with Crippen LogP contribution >= 0.6 is 0 Å². The van der Waals surface area contributed by atoms with Gasteiger partial charge in [0.05, 0.1) is 0 Å². The highest BCUT2D eigenvalue weighted by molar-refractivity contribution is 6.05. The fraction of sp³-hybridized carbons (Fsp3) is 0.440. The van der Waals surface area contributed by atoms with Crippen molar-refractivity contribution in [3.05, 3.63) is 58.4 Å². The molecular weight excluding hydrogens is 420 g/mol. The fourth-order valence-corrected chi connectivity index (χ4v) is 4.96. The van der Waals surface area contributed by atoms with Gasteiger partial charge in [0.15, 0.2) is 0 Å². The van der Waals surface area contributed by atoms with E-state index in [4.69, 9.17) is 4.74 Å². The molecule has 0 bridgehead atoms. The van der Waals surface area contributed by atoms with Crippen LogP contribution in [-0.4, -0.2) is 57.7 Å². The molecule has 1 aromatic heterocycles. The van der Waals surface area contributed by atoms with E-state index in [1.165, 1.54) is 11.1 Å². The SMILES string of the molecule is Cc1nccc(CN2CC[C@H](Oc3ccc4c(c3)CN(C3CCC(=O)NC3=O)C4=O)C2)c1C. The highest BCUT2D eigenvalue weighted by atomic mass is 16.5. The fourth-order valence-electron chi connectivity index (χ4n) is 4.96. The molecule has 0 saturated carbocycles. The first kappa shape index (κ1) is 21.6. The Hall–Kier alpha value is -3.26. The first-order valence-corrected chi connectivity index (χ1v) is 11.5. The normalized spacial score (nSPS) is 23.1. The van der Waals surface area contributed by atoms with Crippen LogP contribution in [0, 0.1) is 13.8 Å². The molecule has 1 aromatic carbocycles. The van der Waals surface area contributed by atoms with Gasteiger partial charge in [0, 0.05) is 50.1 Å². The lowest BCUT2D eigenvalue weighted by molar-refractivity contribution is -0.136. The van der Waals surface area contributed by atoms with Crippen LogP contribution in [0.2, 0.25) is 0 Å². The molecule has 5 rings (SSSR count). The lowest BCUT2D eigenvalue weighted by Gasteiger charge is -2.29. The molecule has 8 nitrogen and oxygen atoms in total. The number of pyridine rings is 1. The van der Waals surface area contributed by atoms with E-state index in [9.17, 15) is 14.4 Å². The van der Waals surface area contributed by atoms with E-state index < -0.39 is 11.9 Å². The third-order valence-electron chi connectivity index (χ3n) is 6.99. The van der Waals surface area contributed by atoms with Crippen molar-refractivity contribution >= 4 is 17.7 Å². The van der Waals surface area contributed by atoms with Gasteiger partial charge in [-0.2, -0.15) is 0 Å². The standard InChI is InChI=1S/C25H28N4O4/c1-15-16(2)26-9-7-17(15)12-28-10-8-20(14-28)33-19-3-4-21-18(11-19)13-29(25(21)32)22-5-6-23(30)27-24(22)31/h3-4,7,9,11,20,22H,5-6,8,10,12-14H2,1-2H3,(H,27,30,31)/t20-,22?/m0/s1. The van der Waals surface area contributed by atoms with E-state index in [-0.39, 0.29) is 24.3 Å². The molecule has 3 aliphatic heterocycles. The van der Waals surface area contributed by atoms with Crippen LogP contribution in [0.4, 0.5) is 0 Å². The van der Waals surface area contributed by atoms with Crippen molar-refractivity contribution < 1.29 is 19.1 Å². The molecule has 2 fully saturated rings. The summed E-state index contributed by atoms with van der Waals surface area (Å²) in [4.78, 5) is 44.8. The first-order chi connectivity index (χ1) is 15.9. The predicted molar refractivity (Wildman–Crippen MR) is 121 cm³/mol. The number of aryl methyl sites for hydroxylation is 1. The van der Waals surface area contributed by atoms with Gasteiger partial charge in [0.1, 0.15) is 17.9 Å². The van der Waals surface area contributed by atoms with E-state index in [2.05, 4.69) is 28.2 Å². The summed E-state index contributed by atoms with van der Waals surface area (Å²) in [6.45, 7) is 7.21. The zero-order chi connectivity index (χ0) is 23.1. The van der Waals surface area contributed by atoms with Crippen molar-refractivity contribution in [2.45, 2.75) is 58.3 Å². The minimum absolute atomic E-state index is 0.0923. The summed E-state index contributed by atoms with van der Waals surface area (Å²) in [5, 5.41) is 2.34. The van der Waals surface area contributed by atoms with Gasteiger partial charge in [-0.15, -0.1) is 0 Å². The van der Waals surface area contributed by atoms with Gasteiger partial charge in [0.25, 0.3) is 5.91 Å². The number of ether oxygens (including phenoxy) is 1. The highest BCUT2D eigenvalue weighted by Gasteiger charge is 2.39. The Labute approximate surface area is 192 Å². The van der Waals surface area contributed by atoms with Crippen molar-refractivity contribution in [2.75, 3.05) is 13.1 Å². The molecule has 8 heteroatoms. The number of aromatic nitrogens is 1. The van der Waals surface area contributed by atoms with Crippen molar-refractivity contribution in [1.82, 2.24) is 20.1 Å². The number of nitrogens with zero attached hydrogens (tertiary/aromatic N) is 3. The third kappa shape index (κ3) is 4.23. The maximum absolute atomic E-state index is 12.9. The van der Waals surface area contributed by atoms with E-state index in [1.807, 2.05) is 25.3 Å². The summed E-state index contributed by atoms with van der Waals surface area (Å²) in [7, 11) is 0. The van der Waals surface area contributed by atoms with E-state index >= 15 is 0 Å². The largest absolute Gasteiger partial charge is 0.489 e. The topological polar surface area (TPSA) is 91.8 Å². The number of nitrogens with one attached hydrogen (secondary N) is 1. The van der Waals surface area contributed by atoms with Gasteiger partial charge in [-0.05, 0) is 67.6 Å². The Morgan fingerprint density at radius 2 is 2.00 bits per heavy atom. The Balaban J connectivity index is 1.22. The summed E-state index contributed by atoms with van der Waals surface area (Å²) in [5.41, 5.74) is 5.07. The number of hydrogen-bond donors (Lipinski definition) is 1. The molecular formula is C25H28N4O4. The van der Waals surface area contributed by atoms with Gasteiger partial charge in [0.2, 0.25) is 11.8 Å². The van der Waals surface area contributed by atoms with Gasteiger partial charge in [-0.1, -0.05) is 0 Å². The van der Waals surface area contributed by atoms with E-state index in [0.717, 1.165) is 43.1 Å². The molecule has 1 unspecified atom stereocenters. The predicted octanol–water partition coefficient (Wildman–Crippen LogP) is 2.11. The second kappa shape index (κ2) is 8.59. The summed E-state index contributed by atoms with van der Waals surface area (Å²) in [6, 6.07) is 7.02. The Morgan fingerprint density at radius 1 is 1.15 bits per heavy atom. The van der Waals surface area contributed by atoms with Crippen molar-refractivity contribution in [1.29, 1.82) is 0 Å². The van der Waals surface area contributed by atoms with Gasteiger partial charge >= 0.3 is 0 Å². The Bertz CT molecular complexity index is 1130. The van der Waals surface area contributed by atoms with Crippen molar-refractivity contribution in [2.24, 2.45) is 0 Å². The van der Waals surface area contributed by atoms with E-state index in [0.29, 0.717) is 18.5 Å². The average molecular weight is 449 g/mol. The van der Waals surface area contributed by atoms with E-state index in [1.54, 1.807) is 11.0 Å². The maximum atomic E-state index is 12.9. The molecule has 0 spiro atoms. The van der Waals surface area contributed by atoms with Crippen LogP contribution in [0.5, 0.6) is 5.75 Å².